The summed E-state index contributed by atoms with van der Waals surface area (Å²) in [6.07, 6.45) is 2.12. The first kappa shape index (κ1) is 11.4. The molecule has 76 valence electrons. The number of carbonyl (C=O) groups excluding carboxylic acids is 1. The molecular formula is C10H12ClO2S+. The van der Waals surface area contributed by atoms with E-state index in [2.05, 4.69) is 23.1 Å². The lowest BCUT2D eigenvalue weighted by atomic mass is 10.4. The van der Waals surface area contributed by atoms with Crippen LogP contribution in [0.15, 0.2) is 35.2 Å². The summed E-state index contributed by atoms with van der Waals surface area (Å²) in [5.74, 6) is 0.822. The van der Waals surface area contributed by atoms with Crippen LogP contribution in [-0.2, 0) is 15.6 Å². The second kappa shape index (κ2) is 5.94. The summed E-state index contributed by atoms with van der Waals surface area (Å²) in [7, 11) is 0.114. The highest BCUT2D eigenvalue weighted by Crippen LogP contribution is 2.10. The van der Waals surface area contributed by atoms with E-state index in [0.717, 1.165) is 5.75 Å². The predicted octanol–water partition coefficient (Wildman–Crippen LogP) is 2.67. The van der Waals surface area contributed by atoms with Crippen molar-refractivity contribution in [1.82, 2.24) is 0 Å². The molecule has 0 saturated carbocycles. The van der Waals surface area contributed by atoms with Gasteiger partial charge in [0.2, 0.25) is 0 Å². The molecule has 1 aromatic rings. The minimum Gasteiger partial charge on any atom is -0.449 e. The van der Waals surface area contributed by atoms with E-state index in [0.29, 0.717) is 6.61 Å². The lowest BCUT2D eigenvalue weighted by molar-refractivity contribution is 0.181. The van der Waals surface area contributed by atoms with Crippen molar-refractivity contribution in [1.29, 1.82) is 0 Å². The zero-order valence-electron chi connectivity index (χ0n) is 7.90. The number of halogens is 1. The second-order valence-electron chi connectivity index (χ2n) is 2.74. The van der Waals surface area contributed by atoms with Crippen LogP contribution in [0.2, 0.25) is 0 Å². The molecular weight excluding hydrogens is 220 g/mol. The molecule has 2 nitrogen and oxygen atoms in total. The fraction of sp³-hybridized carbons (Fsp3) is 0.300. The monoisotopic (exact) mass is 231 g/mol. The maximum atomic E-state index is 10.3. The second-order valence-corrected chi connectivity index (χ2v) is 5.20. The fourth-order valence-electron chi connectivity index (χ4n) is 1.02. The molecule has 4 heteroatoms. The predicted molar refractivity (Wildman–Crippen MR) is 60.1 cm³/mol. The molecule has 0 spiro atoms. The first-order valence-corrected chi connectivity index (χ1v) is 6.38. The van der Waals surface area contributed by atoms with Crippen molar-refractivity contribution in [3.05, 3.63) is 30.3 Å². The van der Waals surface area contributed by atoms with Crippen molar-refractivity contribution in [2.24, 2.45) is 0 Å². The topological polar surface area (TPSA) is 26.3 Å². The third-order valence-corrected chi connectivity index (χ3v) is 3.72. The van der Waals surface area contributed by atoms with Gasteiger partial charge in [-0.25, -0.2) is 4.79 Å². The van der Waals surface area contributed by atoms with E-state index in [1.54, 1.807) is 0 Å². The fourth-order valence-corrected chi connectivity index (χ4v) is 2.29. The van der Waals surface area contributed by atoms with Crippen LogP contribution in [0.4, 0.5) is 4.79 Å². The summed E-state index contributed by atoms with van der Waals surface area (Å²) in [4.78, 5) is 11.6. The summed E-state index contributed by atoms with van der Waals surface area (Å²) in [6.45, 7) is 0.386. The van der Waals surface area contributed by atoms with Crippen molar-refractivity contribution >= 4 is 27.9 Å². The van der Waals surface area contributed by atoms with Gasteiger partial charge in [0.05, 0.1) is 0 Å². The van der Waals surface area contributed by atoms with Crippen LogP contribution in [0.25, 0.3) is 0 Å². The highest BCUT2D eigenvalue weighted by Gasteiger charge is 2.14. The maximum Gasteiger partial charge on any atom is 0.403 e. The lowest BCUT2D eigenvalue weighted by Crippen LogP contribution is -2.12. The average molecular weight is 232 g/mol. The maximum absolute atomic E-state index is 10.3. The number of rotatable bonds is 4. The van der Waals surface area contributed by atoms with Crippen LogP contribution in [0.1, 0.15) is 0 Å². The van der Waals surface area contributed by atoms with Crippen LogP contribution in [0, 0.1) is 0 Å². The summed E-state index contributed by atoms with van der Waals surface area (Å²) in [5, 5.41) is 0. The van der Waals surface area contributed by atoms with E-state index in [-0.39, 0.29) is 10.9 Å². The van der Waals surface area contributed by atoms with Crippen molar-refractivity contribution in [3.63, 3.8) is 0 Å². The Balaban J connectivity index is 2.36. The Morgan fingerprint density at radius 2 is 2.07 bits per heavy atom. The van der Waals surface area contributed by atoms with Gasteiger partial charge < -0.3 is 4.74 Å². The van der Waals surface area contributed by atoms with Gasteiger partial charge in [-0.2, -0.15) is 0 Å². The van der Waals surface area contributed by atoms with Gasteiger partial charge in [0.15, 0.2) is 4.90 Å². The molecule has 0 saturated heterocycles. The van der Waals surface area contributed by atoms with E-state index < -0.39 is 5.43 Å². The first-order chi connectivity index (χ1) is 6.70. The van der Waals surface area contributed by atoms with Crippen molar-refractivity contribution < 1.29 is 9.53 Å². The van der Waals surface area contributed by atoms with E-state index >= 15 is 0 Å². The van der Waals surface area contributed by atoms with Crippen molar-refractivity contribution in [2.75, 3.05) is 18.6 Å². The number of hydrogen-bond acceptors (Lipinski definition) is 2. The van der Waals surface area contributed by atoms with Gasteiger partial charge in [-0.05, 0) is 12.1 Å². The Morgan fingerprint density at radius 1 is 1.43 bits per heavy atom. The summed E-state index contributed by atoms with van der Waals surface area (Å²) < 4.78 is 4.67. The summed E-state index contributed by atoms with van der Waals surface area (Å²) in [5.41, 5.74) is -0.727. The van der Waals surface area contributed by atoms with E-state index in [4.69, 9.17) is 11.6 Å². The molecule has 1 unspecified atom stereocenters. The Kier molecular flexibility index (Phi) is 4.84. The van der Waals surface area contributed by atoms with Crippen LogP contribution in [0.3, 0.4) is 0 Å². The van der Waals surface area contributed by atoms with E-state index in [9.17, 15) is 4.79 Å². The first-order valence-electron chi connectivity index (χ1n) is 4.20. The Labute approximate surface area is 91.6 Å². The van der Waals surface area contributed by atoms with E-state index in [1.165, 1.54) is 4.90 Å². The number of carbonyl (C=O) groups is 1. The molecule has 0 heterocycles. The minimum atomic E-state index is -0.727. The molecule has 0 fully saturated rings. The van der Waals surface area contributed by atoms with Gasteiger partial charge in [0, 0.05) is 22.5 Å². The van der Waals surface area contributed by atoms with Gasteiger partial charge in [-0.15, -0.1) is 0 Å². The smallest absolute Gasteiger partial charge is 0.403 e. The van der Waals surface area contributed by atoms with Crippen LogP contribution in [0.5, 0.6) is 0 Å². The molecule has 0 aliphatic carbocycles. The quantitative estimate of drug-likeness (QED) is 0.588. The molecule has 0 amide bonds. The van der Waals surface area contributed by atoms with Gasteiger partial charge in [-0.1, -0.05) is 18.2 Å². The van der Waals surface area contributed by atoms with Gasteiger partial charge >= 0.3 is 5.43 Å². The molecule has 0 N–H and O–H groups in total. The Hall–Kier alpha value is -0.670. The minimum absolute atomic E-state index is 0.114. The van der Waals surface area contributed by atoms with Crippen LogP contribution >= 0.6 is 11.6 Å². The van der Waals surface area contributed by atoms with Crippen molar-refractivity contribution in [2.45, 2.75) is 4.90 Å². The molecule has 0 aromatic heterocycles. The van der Waals surface area contributed by atoms with Crippen LogP contribution in [-0.4, -0.2) is 24.0 Å². The third-order valence-electron chi connectivity index (χ3n) is 1.75. The highest BCUT2D eigenvalue weighted by molar-refractivity contribution is 7.96. The Morgan fingerprint density at radius 3 is 2.64 bits per heavy atom. The lowest BCUT2D eigenvalue weighted by Gasteiger charge is -2.02. The zero-order valence-corrected chi connectivity index (χ0v) is 9.48. The van der Waals surface area contributed by atoms with Gasteiger partial charge in [-0.3, -0.25) is 0 Å². The molecule has 1 rings (SSSR count). The van der Waals surface area contributed by atoms with Gasteiger partial charge in [0.1, 0.15) is 18.6 Å². The molecule has 14 heavy (non-hydrogen) atoms. The molecule has 0 aliphatic rings. The third kappa shape index (κ3) is 4.03. The molecule has 0 aliphatic heterocycles. The zero-order chi connectivity index (χ0) is 10.4. The van der Waals surface area contributed by atoms with E-state index in [1.807, 2.05) is 18.2 Å². The molecule has 1 atom stereocenters. The number of hydrogen-bond donors (Lipinski definition) is 0. The average Bonchev–Trinajstić information content (AvgIpc) is 2.18. The Bertz CT molecular complexity index is 289. The SMILES string of the molecule is C[S+](CCOC(=O)Cl)c1ccccc1. The number of ether oxygens (including phenoxy) is 1. The summed E-state index contributed by atoms with van der Waals surface area (Å²) in [6, 6.07) is 10.1. The van der Waals surface area contributed by atoms with Crippen molar-refractivity contribution in [3.8, 4) is 0 Å². The summed E-state index contributed by atoms with van der Waals surface area (Å²) >= 11 is 5.05. The number of benzene rings is 1. The largest absolute Gasteiger partial charge is 0.449 e. The normalized spacial score (nSPS) is 12.1. The standard InChI is InChI=1S/C10H12ClO2S/c1-14(8-7-13-10(11)12)9-5-3-2-4-6-9/h2-6H,7-8H2,1H3/q+1. The highest BCUT2D eigenvalue weighted by atomic mass is 35.5. The molecule has 0 bridgehead atoms. The van der Waals surface area contributed by atoms with Crippen LogP contribution < -0.4 is 0 Å². The molecule has 0 radical (unpaired) electrons. The molecule has 1 aromatic carbocycles. The van der Waals surface area contributed by atoms with Gasteiger partial charge in [0.25, 0.3) is 0 Å².